The van der Waals surface area contributed by atoms with Crippen LogP contribution in [0.2, 0.25) is 10.0 Å². The summed E-state index contributed by atoms with van der Waals surface area (Å²) in [4.78, 5) is 28.1. The number of amides is 2. The van der Waals surface area contributed by atoms with Crippen LogP contribution in [0.5, 0.6) is 0 Å². The average Bonchev–Trinajstić information content (AvgIpc) is 2.78. The van der Waals surface area contributed by atoms with Gasteiger partial charge in [-0.25, -0.2) is 8.42 Å². The Morgan fingerprint density at radius 3 is 2.21 bits per heavy atom. The summed E-state index contributed by atoms with van der Waals surface area (Å²) < 4.78 is 26.1. The number of halogens is 2. The van der Waals surface area contributed by atoms with E-state index in [1.807, 2.05) is 13.8 Å². The Kier molecular flexibility index (Phi) is 10.2. The molecule has 2 aromatic carbocycles. The van der Waals surface area contributed by atoms with E-state index >= 15 is 0 Å². The van der Waals surface area contributed by atoms with Gasteiger partial charge >= 0.3 is 0 Å². The summed E-state index contributed by atoms with van der Waals surface area (Å²) in [6.45, 7) is 5.20. The summed E-state index contributed by atoms with van der Waals surface area (Å²) in [6.07, 6.45) is 2.11. The van der Waals surface area contributed by atoms with Crippen LogP contribution in [0, 0.1) is 0 Å². The third kappa shape index (κ3) is 7.61. The van der Waals surface area contributed by atoms with Gasteiger partial charge in [-0.3, -0.25) is 13.9 Å². The molecule has 7 nitrogen and oxygen atoms in total. The number of benzene rings is 2. The second-order valence-corrected chi connectivity index (χ2v) is 10.9. The second kappa shape index (κ2) is 12.4. The summed E-state index contributed by atoms with van der Waals surface area (Å²) in [5, 5.41) is 3.72. The molecule has 0 fully saturated rings. The van der Waals surface area contributed by atoms with E-state index < -0.39 is 28.5 Å². The van der Waals surface area contributed by atoms with Crippen LogP contribution in [0.4, 0.5) is 5.69 Å². The van der Waals surface area contributed by atoms with Crippen LogP contribution in [0.3, 0.4) is 0 Å². The van der Waals surface area contributed by atoms with E-state index in [2.05, 4.69) is 5.32 Å². The molecular weight excluding hydrogens is 497 g/mol. The van der Waals surface area contributed by atoms with E-state index in [-0.39, 0.29) is 18.5 Å². The molecule has 34 heavy (non-hydrogen) atoms. The summed E-state index contributed by atoms with van der Waals surface area (Å²) in [7, 11) is -3.77. The lowest BCUT2D eigenvalue weighted by molar-refractivity contribution is -0.140. The van der Waals surface area contributed by atoms with Gasteiger partial charge in [0.05, 0.1) is 11.9 Å². The molecule has 0 aliphatic rings. The van der Waals surface area contributed by atoms with Crippen molar-refractivity contribution in [2.75, 3.05) is 17.1 Å². The molecule has 0 spiro atoms. The molecule has 0 unspecified atom stereocenters. The normalized spacial score (nSPS) is 13.1. The molecule has 0 saturated heterocycles. The van der Waals surface area contributed by atoms with E-state index in [4.69, 9.17) is 23.2 Å². The monoisotopic (exact) mass is 527 g/mol. The van der Waals surface area contributed by atoms with Gasteiger partial charge in [0.1, 0.15) is 12.6 Å². The highest BCUT2D eigenvalue weighted by molar-refractivity contribution is 7.92. The van der Waals surface area contributed by atoms with Crippen molar-refractivity contribution in [2.45, 2.75) is 52.2 Å². The van der Waals surface area contributed by atoms with Gasteiger partial charge in [-0.05, 0) is 49.6 Å². The molecule has 2 atom stereocenters. The largest absolute Gasteiger partial charge is 0.352 e. The predicted octanol–water partition coefficient (Wildman–Crippen LogP) is 4.48. The molecule has 0 aliphatic carbocycles. The molecule has 2 amide bonds. The number of rotatable bonds is 11. The zero-order valence-electron chi connectivity index (χ0n) is 19.8. The third-order valence-corrected chi connectivity index (χ3v) is 7.19. The minimum Gasteiger partial charge on any atom is -0.352 e. The van der Waals surface area contributed by atoms with E-state index in [1.54, 1.807) is 55.5 Å². The zero-order chi connectivity index (χ0) is 25.5. The van der Waals surface area contributed by atoms with Crippen LogP contribution >= 0.6 is 23.2 Å². The molecule has 0 saturated carbocycles. The Hall–Kier alpha value is -2.29. The SMILES string of the molecule is CC[C@H](C(=O)N[C@@H](C)CC)N(Cc1ccc(Cl)cc1Cl)C(=O)CN(c1ccccc1)S(C)(=O)=O. The summed E-state index contributed by atoms with van der Waals surface area (Å²) in [6, 6.07) is 12.4. The maximum atomic E-state index is 13.6. The summed E-state index contributed by atoms with van der Waals surface area (Å²) in [5.74, 6) is -0.827. The lowest BCUT2D eigenvalue weighted by atomic mass is 10.1. The number of hydrogen-bond donors (Lipinski definition) is 1. The summed E-state index contributed by atoms with van der Waals surface area (Å²) in [5.41, 5.74) is 0.958. The standard InChI is InChI=1S/C24H31Cl2N3O4S/c1-5-17(3)27-24(31)22(6-2)28(15-18-12-13-19(25)14-21(18)26)23(30)16-29(34(4,32)33)20-10-8-7-9-11-20/h7-14,17,22H,5-6,15-16H2,1-4H3,(H,27,31)/t17-,22+/m0/s1. The highest BCUT2D eigenvalue weighted by atomic mass is 35.5. The lowest BCUT2D eigenvalue weighted by Gasteiger charge is -2.33. The van der Waals surface area contributed by atoms with Crippen molar-refractivity contribution in [1.29, 1.82) is 0 Å². The van der Waals surface area contributed by atoms with Crippen molar-refractivity contribution in [3.63, 3.8) is 0 Å². The molecule has 0 aromatic heterocycles. The smallest absolute Gasteiger partial charge is 0.244 e. The van der Waals surface area contributed by atoms with Crippen molar-refractivity contribution in [3.05, 3.63) is 64.1 Å². The number of nitrogens with one attached hydrogen (secondary N) is 1. The number of para-hydroxylation sites is 1. The number of sulfonamides is 1. The first-order valence-electron chi connectivity index (χ1n) is 11.0. The quantitative estimate of drug-likeness (QED) is 0.466. The van der Waals surface area contributed by atoms with Gasteiger partial charge in [0.25, 0.3) is 0 Å². The van der Waals surface area contributed by atoms with Crippen molar-refractivity contribution in [2.24, 2.45) is 0 Å². The molecule has 186 valence electrons. The van der Waals surface area contributed by atoms with Crippen molar-refractivity contribution in [1.82, 2.24) is 10.2 Å². The molecule has 2 aromatic rings. The average molecular weight is 529 g/mol. The van der Waals surface area contributed by atoms with Gasteiger partial charge < -0.3 is 10.2 Å². The first-order valence-corrected chi connectivity index (χ1v) is 13.6. The van der Waals surface area contributed by atoms with Crippen LogP contribution in [-0.4, -0.2) is 50.0 Å². The van der Waals surface area contributed by atoms with Gasteiger partial charge in [-0.15, -0.1) is 0 Å². The van der Waals surface area contributed by atoms with E-state index in [1.165, 1.54) is 4.90 Å². The fraction of sp³-hybridized carbons (Fsp3) is 0.417. The minimum atomic E-state index is -3.77. The molecule has 0 bridgehead atoms. The van der Waals surface area contributed by atoms with Crippen LogP contribution < -0.4 is 9.62 Å². The first kappa shape index (κ1) is 28.0. The van der Waals surface area contributed by atoms with Crippen molar-refractivity contribution < 1.29 is 18.0 Å². The fourth-order valence-electron chi connectivity index (χ4n) is 3.40. The van der Waals surface area contributed by atoms with Crippen LogP contribution in [0.25, 0.3) is 0 Å². The molecule has 10 heteroatoms. The van der Waals surface area contributed by atoms with Crippen LogP contribution in [0.15, 0.2) is 48.5 Å². The number of carbonyl (C=O) groups excluding carboxylic acids is 2. The molecule has 2 rings (SSSR count). The van der Waals surface area contributed by atoms with Gasteiger partial charge in [0.2, 0.25) is 21.8 Å². The number of anilines is 1. The topological polar surface area (TPSA) is 86.8 Å². The maximum Gasteiger partial charge on any atom is 0.244 e. The molecule has 1 N–H and O–H groups in total. The third-order valence-electron chi connectivity index (χ3n) is 5.47. The summed E-state index contributed by atoms with van der Waals surface area (Å²) >= 11 is 12.4. The Morgan fingerprint density at radius 2 is 1.68 bits per heavy atom. The van der Waals surface area contributed by atoms with Gasteiger partial charge in [0.15, 0.2) is 0 Å². The Bertz CT molecular complexity index is 1100. The predicted molar refractivity (Wildman–Crippen MR) is 138 cm³/mol. The van der Waals surface area contributed by atoms with Gasteiger partial charge in [-0.2, -0.15) is 0 Å². The van der Waals surface area contributed by atoms with E-state index in [0.29, 0.717) is 27.7 Å². The van der Waals surface area contributed by atoms with E-state index in [0.717, 1.165) is 17.0 Å². The van der Waals surface area contributed by atoms with E-state index in [9.17, 15) is 18.0 Å². The fourth-order valence-corrected chi connectivity index (χ4v) is 4.72. The van der Waals surface area contributed by atoms with Crippen molar-refractivity contribution in [3.8, 4) is 0 Å². The number of hydrogen-bond acceptors (Lipinski definition) is 4. The van der Waals surface area contributed by atoms with Crippen LogP contribution in [0.1, 0.15) is 39.2 Å². The second-order valence-electron chi connectivity index (χ2n) is 8.10. The van der Waals surface area contributed by atoms with Gasteiger partial charge in [-0.1, -0.05) is 61.3 Å². The maximum absolute atomic E-state index is 13.6. The minimum absolute atomic E-state index is 0.0215. The zero-order valence-corrected chi connectivity index (χ0v) is 22.1. The highest BCUT2D eigenvalue weighted by Gasteiger charge is 2.32. The Labute approximate surface area is 212 Å². The molecule has 0 aliphatic heterocycles. The Balaban J connectivity index is 2.45. The molecule has 0 radical (unpaired) electrons. The van der Waals surface area contributed by atoms with Gasteiger partial charge in [0, 0.05) is 22.6 Å². The Morgan fingerprint density at radius 1 is 1.03 bits per heavy atom. The molecule has 0 heterocycles. The first-order chi connectivity index (χ1) is 16.0. The lowest BCUT2D eigenvalue weighted by Crippen LogP contribution is -2.53. The highest BCUT2D eigenvalue weighted by Crippen LogP contribution is 2.25. The number of carbonyl (C=O) groups is 2. The van der Waals surface area contributed by atoms with Crippen molar-refractivity contribution >= 4 is 50.7 Å². The van der Waals surface area contributed by atoms with Crippen LogP contribution in [-0.2, 0) is 26.2 Å². The molecular formula is C24H31Cl2N3O4S. The number of nitrogens with zero attached hydrogens (tertiary/aromatic N) is 2.